The van der Waals surface area contributed by atoms with Crippen LogP contribution in [0.4, 0.5) is 0 Å². The number of furan rings is 1. The molecule has 1 fully saturated rings. The number of amidine groups is 1. The molecule has 1 aliphatic heterocycles. The molecule has 30 heavy (non-hydrogen) atoms. The van der Waals surface area contributed by atoms with Gasteiger partial charge in [0.05, 0.1) is 5.56 Å². The van der Waals surface area contributed by atoms with E-state index < -0.39 is 0 Å². The summed E-state index contributed by atoms with van der Waals surface area (Å²) in [6, 6.07) is 17.5. The van der Waals surface area contributed by atoms with E-state index in [9.17, 15) is 5.21 Å². The third-order valence-corrected chi connectivity index (χ3v) is 5.55. The van der Waals surface area contributed by atoms with Crippen molar-refractivity contribution in [3.63, 3.8) is 0 Å². The number of benzene rings is 2. The second-order valence-corrected chi connectivity index (χ2v) is 7.63. The Bertz CT molecular complexity index is 1240. The van der Waals surface area contributed by atoms with Crippen LogP contribution in [0.5, 0.6) is 11.6 Å². The van der Waals surface area contributed by atoms with E-state index in [-0.39, 0.29) is 0 Å². The van der Waals surface area contributed by atoms with E-state index in [0.717, 1.165) is 53.6 Å². The number of oxime groups is 1. The number of rotatable bonds is 3. The molecule has 152 valence electrons. The molecule has 0 spiro atoms. The quantitative estimate of drug-likeness (QED) is 0.206. The number of hydrogen-bond acceptors (Lipinski definition) is 5. The normalized spacial score (nSPS) is 15.1. The number of likely N-dealkylation sites (tertiary alicyclic amines) is 1. The molecule has 1 N–H and O–H groups in total. The molecule has 2 aromatic heterocycles. The first-order valence-electron chi connectivity index (χ1n) is 10.3. The molecule has 1 aliphatic rings. The molecule has 0 radical (unpaired) electrons. The van der Waals surface area contributed by atoms with Gasteiger partial charge in [0.15, 0.2) is 5.84 Å². The smallest absolute Gasteiger partial charge is 0.230 e. The van der Waals surface area contributed by atoms with Crippen LogP contribution in [0.1, 0.15) is 30.5 Å². The molecular weight excluding hydrogens is 378 g/mol. The van der Waals surface area contributed by atoms with E-state index in [0.29, 0.717) is 23.0 Å². The lowest BCUT2D eigenvalue weighted by molar-refractivity contribution is 0.285. The zero-order valence-electron chi connectivity index (χ0n) is 16.8. The fourth-order valence-corrected chi connectivity index (χ4v) is 4.05. The van der Waals surface area contributed by atoms with Gasteiger partial charge in [-0.3, -0.25) is 0 Å². The second kappa shape index (κ2) is 7.71. The Kier molecular flexibility index (Phi) is 4.75. The summed E-state index contributed by atoms with van der Waals surface area (Å²) < 4.78 is 12.1. The average molecular weight is 401 g/mol. The van der Waals surface area contributed by atoms with Crippen molar-refractivity contribution >= 4 is 27.8 Å². The Labute approximate surface area is 174 Å². The number of hydrogen-bond donors (Lipinski definition) is 1. The summed E-state index contributed by atoms with van der Waals surface area (Å²) in [5.74, 6) is 1.59. The van der Waals surface area contributed by atoms with Gasteiger partial charge in [-0.05, 0) is 62.6 Å². The SMILES string of the molecule is Cc1ccc(/C(=N/O)N2CCCCC2)c(Oc2ccc3oc4ccccc4c3c2)n1. The summed E-state index contributed by atoms with van der Waals surface area (Å²) >= 11 is 0. The molecule has 2 aromatic carbocycles. The van der Waals surface area contributed by atoms with Gasteiger partial charge in [0.25, 0.3) is 0 Å². The Morgan fingerprint density at radius 1 is 1.00 bits per heavy atom. The van der Waals surface area contributed by atoms with E-state index in [4.69, 9.17) is 9.15 Å². The zero-order chi connectivity index (χ0) is 20.5. The highest BCUT2D eigenvalue weighted by molar-refractivity contribution is 6.05. The van der Waals surface area contributed by atoms with Crippen LogP contribution >= 0.6 is 0 Å². The van der Waals surface area contributed by atoms with Crippen LogP contribution in [0.3, 0.4) is 0 Å². The number of ether oxygens (including phenoxy) is 1. The van der Waals surface area contributed by atoms with Crippen molar-refractivity contribution in [3.05, 3.63) is 65.9 Å². The van der Waals surface area contributed by atoms with Crippen molar-refractivity contribution in [2.24, 2.45) is 5.16 Å². The van der Waals surface area contributed by atoms with Gasteiger partial charge in [0.2, 0.25) is 5.88 Å². The molecule has 3 heterocycles. The predicted octanol–water partition coefficient (Wildman–Crippen LogP) is 5.70. The van der Waals surface area contributed by atoms with Crippen molar-refractivity contribution < 1.29 is 14.4 Å². The Hall–Kier alpha value is -3.54. The van der Waals surface area contributed by atoms with Crippen LogP contribution in [0.2, 0.25) is 0 Å². The summed E-state index contributed by atoms with van der Waals surface area (Å²) in [6.07, 6.45) is 3.36. The summed E-state index contributed by atoms with van der Waals surface area (Å²) in [4.78, 5) is 6.69. The molecule has 1 saturated heterocycles. The molecule has 0 bridgehead atoms. The number of para-hydroxylation sites is 1. The zero-order valence-corrected chi connectivity index (χ0v) is 16.8. The van der Waals surface area contributed by atoms with Crippen LogP contribution in [-0.4, -0.2) is 34.0 Å². The minimum atomic E-state index is 0.431. The van der Waals surface area contributed by atoms with Crippen LogP contribution < -0.4 is 4.74 Å². The number of piperidine rings is 1. The molecule has 0 saturated carbocycles. The first-order chi connectivity index (χ1) is 14.7. The van der Waals surface area contributed by atoms with E-state index in [1.807, 2.05) is 61.5 Å². The molecule has 5 rings (SSSR count). The molecule has 0 aliphatic carbocycles. The van der Waals surface area contributed by atoms with E-state index >= 15 is 0 Å². The molecule has 6 nitrogen and oxygen atoms in total. The van der Waals surface area contributed by atoms with Crippen LogP contribution in [0.15, 0.2) is 64.2 Å². The van der Waals surface area contributed by atoms with E-state index in [1.54, 1.807) is 0 Å². The maximum atomic E-state index is 9.77. The monoisotopic (exact) mass is 401 g/mol. The van der Waals surface area contributed by atoms with Gasteiger partial charge in [0, 0.05) is 29.6 Å². The van der Waals surface area contributed by atoms with Gasteiger partial charge < -0.3 is 19.3 Å². The molecular formula is C24H23N3O3. The molecule has 6 heteroatoms. The van der Waals surface area contributed by atoms with Crippen LogP contribution in [0, 0.1) is 6.92 Å². The highest BCUT2D eigenvalue weighted by Gasteiger charge is 2.22. The minimum Gasteiger partial charge on any atom is -0.456 e. The molecule has 0 amide bonds. The van der Waals surface area contributed by atoms with Gasteiger partial charge in [0.1, 0.15) is 16.9 Å². The third kappa shape index (κ3) is 3.34. The lowest BCUT2D eigenvalue weighted by atomic mass is 10.1. The summed E-state index contributed by atoms with van der Waals surface area (Å²) in [5.41, 5.74) is 3.17. The fourth-order valence-electron chi connectivity index (χ4n) is 4.05. The number of aromatic nitrogens is 1. The lowest BCUT2D eigenvalue weighted by Gasteiger charge is -2.29. The molecule has 4 aromatic rings. The maximum absolute atomic E-state index is 9.77. The Balaban J connectivity index is 1.54. The number of aryl methyl sites for hydroxylation is 1. The van der Waals surface area contributed by atoms with Crippen molar-refractivity contribution in [2.75, 3.05) is 13.1 Å². The standard InChI is InChI=1S/C24H23N3O3/c1-16-9-11-19(23(26-28)27-13-5-2-6-14-27)24(25-16)29-17-10-12-22-20(15-17)18-7-3-4-8-21(18)30-22/h3-4,7-12,15,28H,2,5-6,13-14H2,1H3/b26-23-. The molecule has 0 unspecified atom stereocenters. The predicted molar refractivity (Wildman–Crippen MR) is 117 cm³/mol. The average Bonchev–Trinajstić information content (AvgIpc) is 3.14. The number of nitrogens with zero attached hydrogens (tertiary/aromatic N) is 3. The highest BCUT2D eigenvalue weighted by atomic mass is 16.5. The van der Waals surface area contributed by atoms with Gasteiger partial charge >= 0.3 is 0 Å². The first kappa shape index (κ1) is 18.5. The van der Waals surface area contributed by atoms with E-state index in [1.165, 1.54) is 6.42 Å². The van der Waals surface area contributed by atoms with Gasteiger partial charge in [-0.1, -0.05) is 23.4 Å². The topological polar surface area (TPSA) is 71.1 Å². The summed E-state index contributed by atoms with van der Waals surface area (Å²) in [5, 5.41) is 15.4. The van der Waals surface area contributed by atoms with Crippen molar-refractivity contribution in [3.8, 4) is 11.6 Å². The largest absolute Gasteiger partial charge is 0.456 e. The first-order valence-corrected chi connectivity index (χ1v) is 10.3. The van der Waals surface area contributed by atoms with Gasteiger partial charge in [-0.2, -0.15) is 0 Å². The van der Waals surface area contributed by atoms with Gasteiger partial charge in [-0.15, -0.1) is 0 Å². The number of pyridine rings is 1. The van der Waals surface area contributed by atoms with Gasteiger partial charge in [-0.25, -0.2) is 4.98 Å². The fraction of sp³-hybridized carbons (Fsp3) is 0.250. The van der Waals surface area contributed by atoms with Crippen LogP contribution in [0.25, 0.3) is 21.9 Å². The van der Waals surface area contributed by atoms with E-state index in [2.05, 4.69) is 15.0 Å². The Morgan fingerprint density at radius 2 is 1.80 bits per heavy atom. The Morgan fingerprint density at radius 3 is 2.63 bits per heavy atom. The summed E-state index contributed by atoms with van der Waals surface area (Å²) in [7, 11) is 0. The minimum absolute atomic E-state index is 0.431. The van der Waals surface area contributed by atoms with Crippen molar-refractivity contribution in [1.82, 2.24) is 9.88 Å². The maximum Gasteiger partial charge on any atom is 0.230 e. The third-order valence-electron chi connectivity index (χ3n) is 5.55. The second-order valence-electron chi connectivity index (χ2n) is 7.63. The van der Waals surface area contributed by atoms with Crippen molar-refractivity contribution in [1.29, 1.82) is 0 Å². The van der Waals surface area contributed by atoms with Crippen LogP contribution in [-0.2, 0) is 0 Å². The lowest BCUT2D eigenvalue weighted by Crippen LogP contribution is -2.36. The molecule has 0 atom stereocenters. The highest BCUT2D eigenvalue weighted by Crippen LogP contribution is 2.33. The van der Waals surface area contributed by atoms with Crippen molar-refractivity contribution in [2.45, 2.75) is 26.2 Å². The number of fused-ring (bicyclic) bond motifs is 3. The summed E-state index contributed by atoms with van der Waals surface area (Å²) in [6.45, 7) is 3.64.